The summed E-state index contributed by atoms with van der Waals surface area (Å²) >= 11 is 0. The minimum Gasteiger partial charge on any atom is -0.408 e. The van der Waals surface area contributed by atoms with E-state index in [-0.39, 0.29) is 17.0 Å². The maximum atomic E-state index is 13.1. The molecule has 0 atom stereocenters. The van der Waals surface area contributed by atoms with E-state index in [1.54, 1.807) is 19.2 Å². The third-order valence-corrected chi connectivity index (χ3v) is 3.31. The number of ketones is 1. The molecule has 3 aromatic rings. The molecule has 0 fully saturated rings. The van der Waals surface area contributed by atoms with Crippen LogP contribution in [0.2, 0.25) is 0 Å². The van der Waals surface area contributed by atoms with Crippen LogP contribution in [-0.2, 0) is 7.05 Å². The van der Waals surface area contributed by atoms with Gasteiger partial charge in [0.05, 0.1) is 11.2 Å². The number of nitrogens with zero attached hydrogens (tertiary/aromatic N) is 1. The number of halogens is 1. The molecule has 0 saturated heterocycles. The monoisotopic (exact) mass is 286 g/mol. The first-order chi connectivity index (χ1) is 9.97. The van der Waals surface area contributed by atoms with E-state index in [2.05, 4.69) is 0 Å². The first kappa shape index (κ1) is 13.1. The fourth-order valence-electron chi connectivity index (χ4n) is 2.13. The Kier molecular flexibility index (Phi) is 2.86. The number of carbonyl (C=O) groups excluding carboxylic acids is 1. The first-order valence-electron chi connectivity index (χ1n) is 6.16. The summed E-state index contributed by atoms with van der Waals surface area (Å²) < 4.78 is 19.5. The largest absolute Gasteiger partial charge is 0.419 e. The SMILES string of the molecule is Cn1c(=O)oc2cc(C(=O)c3ccc(F)c(N)c3)ccc21. The second kappa shape index (κ2) is 4.59. The Morgan fingerprint density at radius 3 is 2.57 bits per heavy atom. The molecule has 0 radical (unpaired) electrons. The van der Waals surface area contributed by atoms with Crippen molar-refractivity contribution >= 4 is 22.6 Å². The average molecular weight is 286 g/mol. The van der Waals surface area contributed by atoms with Crippen LogP contribution in [-0.4, -0.2) is 10.4 Å². The minimum atomic E-state index is -0.573. The number of aryl methyl sites for hydroxylation is 1. The molecule has 0 aliphatic heterocycles. The fraction of sp³-hybridized carbons (Fsp3) is 0.0667. The van der Waals surface area contributed by atoms with Crippen molar-refractivity contribution in [1.29, 1.82) is 0 Å². The predicted molar refractivity (Wildman–Crippen MR) is 75.7 cm³/mol. The third kappa shape index (κ3) is 2.10. The highest BCUT2D eigenvalue weighted by molar-refractivity contribution is 6.10. The summed E-state index contributed by atoms with van der Waals surface area (Å²) in [5, 5.41) is 0. The number of nitrogens with two attached hydrogens (primary N) is 1. The van der Waals surface area contributed by atoms with Crippen LogP contribution >= 0.6 is 0 Å². The van der Waals surface area contributed by atoms with Crippen molar-refractivity contribution < 1.29 is 13.6 Å². The van der Waals surface area contributed by atoms with Gasteiger partial charge >= 0.3 is 5.76 Å². The Balaban J connectivity index is 2.09. The van der Waals surface area contributed by atoms with Crippen LogP contribution in [0.5, 0.6) is 0 Å². The number of hydrogen-bond donors (Lipinski definition) is 1. The van der Waals surface area contributed by atoms with Crippen molar-refractivity contribution in [1.82, 2.24) is 4.57 Å². The zero-order valence-electron chi connectivity index (χ0n) is 11.1. The Hall–Kier alpha value is -2.89. The van der Waals surface area contributed by atoms with Gasteiger partial charge in [-0.1, -0.05) is 0 Å². The Bertz CT molecular complexity index is 924. The van der Waals surface area contributed by atoms with Crippen LogP contribution in [0.25, 0.3) is 11.1 Å². The number of hydrogen-bond acceptors (Lipinski definition) is 4. The maximum Gasteiger partial charge on any atom is 0.419 e. The number of aromatic nitrogens is 1. The summed E-state index contributed by atoms with van der Waals surface area (Å²) in [7, 11) is 1.58. The number of oxazole rings is 1. The van der Waals surface area contributed by atoms with Crippen LogP contribution in [0, 0.1) is 5.82 Å². The van der Waals surface area contributed by atoms with E-state index >= 15 is 0 Å². The Morgan fingerprint density at radius 2 is 1.86 bits per heavy atom. The third-order valence-electron chi connectivity index (χ3n) is 3.31. The standard InChI is InChI=1S/C15H11FN2O3/c1-18-12-5-3-9(7-13(12)21-15(18)20)14(19)8-2-4-10(16)11(17)6-8/h2-7H,17H2,1H3. The van der Waals surface area contributed by atoms with Gasteiger partial charge in [-0.3, -0.25) is 9.36 Å². The number of rotatable bonds is 2. The van der Waals surface area contributed by atoms with Gasteiger partial charge in [0.25, 0.3) is 0 Å². The van der Waals surface area contributed by atoms with Crippen molar-refractivity contribution in [3.8, 4) is 0 Å². The van der Waals surface area contributed by atoms with Crippen molar-refractivity contribution in [3.63, 3.8) is 0 Å². The molecule has 0 aliphatic carbocycles. The summed E-state index contributed by atoms with van der Waals surface area (Å²) in [5.41, 5.74) is 6.89. The molecule has 0 bridgehead atoms. The molecule has 0 spiro atoms. The molecule has 5 nitrogen and oxygen atoms in total. The molecule has 1 aromatic heterocycles. The van der Waals surface area contributed by atoms with Crippen LogP contribution in [0.3, 0.4) is 0 Å². The van der Waals surface area contributed by atoms with Crippen molar-refractivity contribution in [2.75, 3.05) is 5.73 Å². The lowest BCUT2D eigenvalue weighted by molar-refractivity contribution is 0.103. The van der Waals surface area contributed by atoms with Gasteiger partial charge in [-0.2, -0.15) is 0 Å². The Morgan fingerprint density at radius 1 is 1.19 bits per heavy atom. The lowest BCUT2D eigenvalue weighted by Gasteiger charge is -2.03. The predicted octanol–water partition coefficient (Wildman–Crippen LogP) is 2.08. The lowest BCUT2D eigenvalue weighted by Crippen LogP contribution is -2.08. The van der Waals surface area contributed by atoms with Crippen LogP contribution < -0.4 is 11.5 Å². The summed E-state index contributed by atoms with van der Waals surface area (Å²) in [4.78, 5) is 23.8. The molecule has 2 aromatic carbocycles. The zero-order valence-corrected chi connectivity index (χ0v) is 11.1. The highest BCUT2D eigenvalue weighted by Crippen LogP contribution is 2.19. The van der Waals surface area contributed by atoms with Gasteiger partial charge in [0, 0.05) is 18.2 Å². The quantitative estimate of drug-likeness (QED) is 0.578. The van der Waals surface area contributed by atoms with Gasteiger partial charge in [0.15, 0.2) is 11.4 Å². The van der Waals surface area contributed by atoms with Crippen molar-refractivity contribution in [2.24, 2.45) is 7.05 Å². The van der Waals surface area contributed by atoms with E-state index in [1.807, 2.05) is 0 Å². The van der Waals surface area contributed by atoms with Gasteiger partial charge in [-0.25, -0.2) is 9.18 Å². The van der Waals surface area contributed by atoms with E-state index in [9.17, 15) is 14.0 Å². The van der Waals surface area contributed by atoms with Crippen molar-refractivity contribution in [3.05, 3.63) is 63.9 Å². The molecule has 0 saturated carbocycles. The molecule has 1 heterocycles. The van der Waals surface area contributed by atoms with E-state index in [0.717, 1.165) is 6.07 Å². The molecule has 106 valence electrons. The summed E-state index contributed by atoms with van der Waals surface area (Å²) in [6, 6.07) is 8.48. The van der Waals surface area contributed by atoms with E-state index in [0.29, 0.717) is 16.7 Å². The highest BCUT2D eigenvalue weighted by Gasteiger charge is 2.14. The lowest BCUT2D eigenvalue weighted by atomic mass is 10.0. The topological polar surface area (TPSA) is 78.2 Å². The molecule has 3 rings (SSSR count). The molecule has 2 N–H and O–H groups in total. The second-order valence-electron chi connectivity index (χ2n) is 4.67. The Labute approximate surface area is 118 Å². The fourth-order valence-corrected chi connectivity index (χ4v) is 2.13. The molecular weight excluding hydrogens is 275 g/mol. The van der Waals surface area contributed by atoms with Crippen LogP contribution in [0.1, 0.15) is 15.9 Å². The van der Waals surface area contributed by atoms with Crippen molar-refractivity contribution in [2.45, 2.75) is 0 Å². The van der Waals surface area contributed by atoms with E-state index in [4.69, 9.17) is 10.2 Å². The van der Waals surface area contributed by atoms with Gasteiger partial charge in [0.2, 0.25) is 0 Å². The number of carbonyl (C=O) groups is 1. The molecule has 6 heteroatoms. The highest BCUT2D eigenvalue weighted by atomic mass is 19.1. The van der Waals surface area contributed by atoms with Crippen LogP contribution in [0.4, 0.5) is 10.1 Å². The number of benzene rings is 2. The second-order valence-corrected chi connectivity index (χ2v) is 4.67. The van der Waals surface area contributed by atoms with Gasteiger partial charge in [-0.15, -0.1) is 0 Å². The van der Waals surface area contributed by atoms with Gasteiger partial charge in [0.1, 0.15) is 5.82 Å². The molecule has 21 heavy (non-hydrogen) atoms. The first-order valence-corrected chi connectivity index (χ1v) is 6.16. The number of fused-ring (bicyclic) bond motifs is 1. The summed E-state index contributed by atoms with van der Waals surface area (Å²) in [6.07, 6.45) is 0. The molecule has 0 aliphatic rings. The van der Waals surface area contributed by atoms with E-state index < -0.39 is 11.6 Å². The number of anilines is 1. The molecule has 0 unspecified atom stereocenters. The normalized spacial score (nSPS) is 11.0. The maximum absolute atomic E-state index is 13.1. The minimum absolute atomic E-state index is 0.0897. The molecule has 0 amide bonds. The average Bonchev–Trinajstić information content (AvgIpc) is 2.76. The van der Waals surface area contributed by atoms with E-state index in [1.165, 1.54) is 22.8 Å². The summed E-state index contributed by atoms with van der Waals surface area (Å²) in [6.45, 7) is 0. The summed E-state index contributed by atoms with van der Waals surface area (Å²) in [5.74, 6) is -1.40. The van der Waals surface area contributed by atoms with Crippen LogP contribution in [0.15, 0.2) is 45.6 Å². The zero-order chi connectivity index (χ0) is 15.1. The van der Waals surface area contributed by atoms with Gasteiger partial charge < -0.3 is 10.2 Å². The number of nitrogen functional groups attached to an aromatic ring is 1. The van der Waals surface area contributed by atoms with Gasteiger partial charge in [-0.05, 0) is 36.4 Å². The smallest absolute Gasteiger partial charge is 0.408 e. The molecular formula is C15H11FN2O3.